The Bertz CT molecular complexity index is 361. The van der Waals surface area contributed by atoms with Crippen LogP contribution < -0.4 is 4.74 Å². The number of carboxylic acid groups (broad SMARTS) is 1. The monoisotopic (exact) mass is 198 g/mol. The number of aromatic carboxylic acids is 1. The summed E-state index contributed by atoms with van der Waals surface area (Å²) in [5.41, 5.74) is 0.452. The van der Waals surface area contributed by atoms with Gasteiger partial charge in [0.05, 0.1) is 12.2 Å². The van der Waals surface area contributed by atoms with Gasteiger partial charge in [0.2, 0.25) is 0 Å². The molecule has 0 aliphatic carbocycles. The van der Waals surface area contributed by atoms with Crippen molar-refractivity contribution in [2.45, 2.75) is 13.8 Å². The highest BCUT2D eigenvalue weighted by Crippen LogP contribution is 2.22. The predicted molar refractivity (Wildman–Crippen MR) is 49.3 cm³/mol. The lowest BCUT2D eigenvalue weighted by atomic mass is 10.1. The molecular formula is C10H11FO3. The van der Waals surface area contributed by atoms with Crippen molar-refractivity contribution in [1.29, 1.82) is 0 Å². The number of rotatable bonds is 3. The minimum absolute atomic E-state index is 0.0181. The molecule has 0 aliphatic heterocycles. The first-order chi connectivity index (χ1) is 6.56. The van der Waals surface area contributed by atoms with Crippen LogP contribution in [0.4, 0.5) is 4.39 Å². The molecule has 3 nitrogen and oxygen atoms in total. The molecule has 0 aromatic heterocycles. The van der Waals surface area contributed by atoms with E-state index >= 15 is 0 Å². The molecule has 0 saturated carbocycles. The molecule has 0 saturated heterocycles. The summed E-state index contributed by atoms with van der Waals surface area (Å²) in [6.45, 7) is 3.56. The van der Waals surface area contributed by atoms with Crippen LogP contribution in [-0.2, 0) is 0 Å². The van der Waals surface area contributed by atoms with E-state index in [0.717, 1.165) is 6.07 Å². The summed E-state index contributed by atoms with van der Waals surface area (Å²) in [6.07, 6.45) is 0. The van der Waals surface area contributed by atoms with Gasteiger partial charge in [-0.2, -0.15) is 0 Å². The van der Waals surface area contributed by atoms with Crippen LogP contribution in [0.25, 0.3) is 0 Å². The smallest absolute Gasteiger partial charge is 0.336 e. The van der Waals surface area contributed by atoms with Crippen LogP contribution >= 0.6 is 0 Å². The normalized spacial score (nSPS) is 9.93. The Morgan fingerprint density at radius 2 is 2.21 bits per heavy atom. The maximum Gasteiger partial charge on any atom is 0.336 e. The molecule has 0 unspecified atom stereocenters. The Hall–Kier alpha value is -1.58. The Labute approximate surface area is 81.1 Å². The minimum Gasteiger partial charge on any atom is -0.491 e. The largest absolute Gasteiger partial charge is 0.491 e. The van der Waals surface area contributed by atoms with Crippen LogP contribution in [0.15, 0.2) is 12.1 Å². The molecule has 0 atom stereocenters. The molecule has 1 aromatic carbocycles. The SMILES string of the molecule is CCOc1cc(C(=O)O)c(C)cc1F. The fourth-order valence-electron chi connectivity index (χ4n) is 1.15. The van der Waals surface area contributed by atoms with Crippen LogP contribution in [0.2, 0.25) is 0 Å². The quantitative estimate of drug-likeness (QED) is 0.810. The van der Waals surface area contributed by atoms with Gasteiger partial charge >= 0.3 is 5.97 Å². The van der Waals surface area contributed by atoms with Gasteiger partial charge in [0.25, 0.3) is 0 Å². The summed E-state index contributed by atoms with van der Waals surface area (Å²) in [5.74, 6) is -1.63. The molecule has 1 rings (SSSR count). The van der Waals surface area contributed by atoms with Crippen molar-refractivity contribution in [3.8, 4) is 5.75 Å². The molecule has 76 valence electrons. The molecule has 0 radical (unpaired) electrons. The number of ether oxygens (including phenoxy) is 1. The molecule has 14 heavy (non-hydrogen) atoms. The van der Waals surface area contributed by atoms with E-state index < -0.39 is 11.8 Å². The van der Waals surface area contributed by atoms with Crippen LogP contribution in [0.3, 0.4) is 0 Å². The Morgan fingerprint density at radius 1 is 1.57 bits per heavy atom. The molecule has 1 N–H and O–H groups in total. The number of carbonyl (C=O) groups is 1. The van der Waals surface area contributed by atoms with Crippen molar-refractivity contribution >= 4 is 5.97 Å². The lowest BCUT2D eigenvalue weighted by Crippen LogP contribution is -2.03. The lowest BCUT2D eigenvalue weighted by molar-refractivity contribution is 0.0695. The van der Waals surface area contributed by atoms with E-state index in [9.17, 15) is 9.18 Å². The van der Waals surface area contributed by atoms with Gasteiger partial charge < -0.3 is 9.84 Å². The van der Waals surface area contributed by atoms with Gasteiger partial charge in [0.15, 0.2) is 11.6 Å². The summed E-state index contributed by atoms with van der Waals surface area (Å²) in [5, 5.41) is 8.77. The first-order valence-electron chi connectivity index (χ1n) is 4.22. The highest BCUT2D eigenvalue weighted by atomic mass is 19.1. The van der Waals surface area contributed by atoms with Crippen LogP contribution in [0.1, 0.15) is 22.8 Å². The first-order valence-corrected chi connectivity index (χ1v) is 4.22. The lowest BCUT2D eigenvalue weighted by Gasteiger charge is -2.07. The highest BCUT2D eigenvalue weighted by Gasteiger charge is 2.12. The number of carboxylic acids is 1. The first kappa shape index (κ1) is 10.5. The molecular weight excluding hydrogens is 187 g/mol. The van der Waals surface area contributed by atoms with Crippen LogP contribution in [0.5, 0.6) is 5.75 Å². The van der Waals surface area contributed by atoms with Crippen molar-refractivity contribution in [2.24, 2.45) is 0 Å². The fourth-order valence-corrected chi connectivity index (χ4v) is 1.15. The summed E-state index contributed by atoms with van der Waals surface area (Å²) in [6, 6.07) is 2.37. The molecule has 0 amide bonds. The number of benzene rings is 1. The summed E-state index contributed by atoms with van der Waals surface area (Å²) >= 11 is 0. The van der Waals surface area contributed by atoms with Crippen molar-refractivity contribution in [3.05, 3.63) is 29.1 Å². The zero-order valence-electron chi connectivity index (χ0n) is 8.00. The molecule has 0 spiro atoms. The fraction of sp³-hybridized carbons (Fsp3) is 0.300. The van der Waals surface area contributed by atoms with Crippen LogP contribution in [0, 0.1) is 12.7 Å². The summed E-state index contributed by atoms with van der Waals surface area (Å²) in [4.78, 5) is 10.7. The summed E-state index contributed by atoms with van der Waals surface area (Å²) in [7, 11) is 0. The molecule has 0 heterocycles. The standard InChI is InChI=1S/C10H11FO3/c1-3-14-9-5-7(10(12)13)6(2)4-8(9)11/h4-5H,3H2,1-2H3,(H,12,13). The highest BCUT2D eigenvalue weighted by molar-refractivity contribution is 5.89. The molecule has 0 fully saturated rings. The van der Waals surface area contributed by atoms with E-state index in [0.29, 0.717) is 12.2 Å². The zero-order valence-corrected chi connectivity index (χ0v) is 8.00. The average molecular weight is 198 g/mol. The molecule has 4 heteroatoms. The third-order valence-corrected chi connectivity index (χ3v) is 1.81. The van der Waals surface area contributed by atoms with Crippen molar-refractivity contribution in [2.75, 3.05) is 6.61 Å². The van der Waals surface area contributed by atoms with Gasteiger partial charge in [-0.1, -0.05) is 0 Å². The maximum absolute atomic E-state index is 13.2. The molecule has 1 aromatic rings. The van der Waals surface area contributed by atoms with Gasteiger partial charge in [-0.05, 0) is 31.5 Å². The zero-order chi connectivity index (χ0) is 10.7. The van der Waals surface area contributed by atoms with Gasteiger partial charge in [0, 0.05) is 0 Å². The summed E-state index contributed by atoms with van der Waals surface area (Å²) < 4.78 is 18.1. The van der Waals surface area contributed by atoms with E-state index in [1.807, 2.05) is 0 Å². The third-order valence-electron chi connectivity index (χ3n) is 1.81. The van der Waals surface area contributed by atoms with E-state index in [4.69, 9.17) is 9.84 Å². The second-order valence-corrected chi connectivity index (χ2v) is 2.84. The Kier molecular flexibility index (Phi) is 3.06. The number of hydrogen-bond donors (Lipinski definition) is 1. The molecule has 0 bridgehead atoms. The van der Waals surface area contributed by atoms with Gasteiger partial charge in [-0.25, -0.2) is 9.18 Å². The van der Waals surface area contributed by atoms with Crippen molar-refractivity contribution < 1.29 is 19.0 Å². The predicted octanol–water partition coefficient (Wildman–Crippen LogP) is 2.23. The van der Waals surface area contributed by atoms with Crippen LogP contribution in [-0.4, -0.2) is 17.7 Å². The van der Waals surface area contributed by atoms with Crippen molar-refractivity contribution in [1.82, 2.24) is 0 Å². The second kappa shape index (κ2) is 4.09. The average Bonchev–Trinajstić information content (AvgIpc) is 2.09. The van der Waals surface area contributed by atoms with Gasteiger partial charge in [-0.15, -0.1) is 0 Å². The van der Waals surface area contributed by atoms with E-state index in [1.54, 1.807) is 13.8 Å². The van der Waals surface area contributed by atoms with Gasteiger partial charge in [0.1, 0.15) is 0 Å². The number of halogens is 1. The van der Waals surface area contributed by atoms with E-state index in [2.05, 4.69) is 0 Å². The molecule has 0 aliphatic rings. The minimum atomic E-state index is -1.08. The third kappa shape index (κ3) is 2.02. The Balaban J connectivity index is 3.20. The van der Waals surface area contributed by atoms with Gasteiger partial charge in [-0.3, -0.25) is 0 Å². The van der Waals surface area contributed by atoms with E-state index in [-0.39, 0.29) is 11.3 Å². The second-order valence-electron chi connectivity index (χ2n) is 2.84. The Morgan fingerprint density at radius 3 is 2.71 bits per heavy atom. The topological polar surface area (TPSA) is 46.5 Å². The maximum atomic E-state index is 13.2. The number of hydrogen-bond acceptors (Lipinski definition) is 2. The van der Waals surface area contributed by atoms with Crippen molar-refractivity contribution in [3.63, 3.8) is 0 Å². The number of aryl methyl sites for hydroxylation is 1. The van der Waals surface area contributed by atoms with E-state index in [1.165, 1.54) is 6.07 Å².